The zero-order valence-electron chi connectivity index (χ0n) is 17.5. The summed E-state index contributed by atoms with van der Waals surface area (Å²) in [6.07, 6.45) is 0. The number of hydrogen-bond donors (Lipinski definition) is 2. The maximum absolute atomic E-state index is 12.7. The van der Waals surface area contributed by atoms with Crippen molar-refractivity contribution in [2.24, 2.45) is 0 Å². The second-order valence-corrected chi connectivity index (χ2v) is 9.50. The number of halogens is 2. The van der Waals surface area contributed by atoms with Crippen molar-refractivity contribution in [1.29, 1.82) is 0 Å². The minimum Gasteiger partial charge on any atom is -0.497 e. The maximum atomic E-state index is 12.7. The van der Waals surface area contributed by atoms with E-state index in [0.717, 1.165) is 15.6 Å². The van der Waals surface area contributed by atoms with Gasteiger partial charge in [-0.1, -0.05) is 29.3 Å². The summed E-state index contributed by atoms with van der Waals surface area (Å²) in [5.41, 5.74) is 2.87. The average Bonchev–Trinajstić information content (AvgIpc) is 3.39. The highest BCUT2D eigenvalue weighted by atomic mass is 35.5. The van der Waals surface area contributed by atoms with Gasteiger partial charge in [-0.3, -0.25) is 10.1 Å². The molecule has 2 heterocycles. The van der Waals surface area contributed by atoms with E-state index in [2.05, 4.69) is 15.6 Å². The SMILES string of the molecule is COc1ccc2oc(-c3ccc(NC(=S)NC(=O)c4sc5cc(Cl)ccc5c4Cl)cc3)nc2c1. The zero-order valence-corrected chi connectivity index (χ0v) is 20.7. The first-order chi connectivity index (χ1) is 16.4. The van der Waals surface area contributed by atoms with Crippen LogP contribution in [-0.2, 0) is 0 Å². The number of nitrogens with one attached hydrogen (secondary N) is 2. The standard InChI is InChI=1S/C24H15Cl2N3O3S2/c1-31-15-7-9-18-17(11-15)28-23(32-18)12-2-5-14(6-3-12)27-24(33)29-22(30)21-20(26)16-8-4-13(25)10-19(16)34-21/h2-11H,1H3,(H2,27,29,30,33). The number of amides is 1. The highest BCUT2D eigenvalue weighted by Crippen LogP contribution is 2.36. The number of anilines is 1. The van der Waals surface area contributed by atoms with Gasteiger partial charge in [-0.2, -0.15) is 0 Å². The highest BCUT2D eigenvalue weighted by Gasteiger charge is 2.18. The van der Waals surface area contributed by atoms with Gasteiger partial charge in [0.25, 0.3) is 5.91 Å². The number of methoxy groups -OCH3 is 1. The highest BCUT2D eigenvalue weighted by molar-refractivity contribution is 7.80. The largest absolute Gasteiger partial charge is 0.497 e. The smallest absolute Gasteiger partial charge is 0.269 e. The molecule has 0 saturated heterocycles. The minimum atomic E-state index is -0.390. The Morgan fingerprint density at radius 1 is 1.09 bits per heavy atom. The Labute approximate surface area is 213 Å². The molecule has 0 aliphatic rings. The number of rotatable bonds is 4. The number of aromatic nitrogens is 1. The number of thiophene rings is 1. The lowest BCUT2D eigenvalue weighted by molar-refractivity contribution is 0.0982. The van der Waals surface area contributed by atoms with Crippen LogP contribution in [0.4, 0.5) is 5.69 Å². The molecule has 1 amide bonds. The van der Waals surface area contributed by atoms with Gasteiger partial charge >= 0.3 is 0 Å². The molecule has 170 valence electrons. The van der Waals surface area contributed by atoms with Crippen LogP contribution < -0.4 is 15.4 Å². The number of carbonyl (C=O) groups excluding carboxylic acids is 1. The number of oxazole rings is 1. The first-order valence-corrected chi connectivity index (χ1v) is 11.9. The molecule has 34 heavy (non-hydrogen) atoms. The van der Waals surface area contributed by atoms with E-state index in [9.17, 15) is 4.79 Å². The predicted molar refractivity (Wildman–Crippen MR) is 142 cm³/mol. The van der Waals surface area contributed by atoms with Crippen LogP contribution in [0.1, 0.15) is 9.67 Å². The van der Waals surface area contributed by atoms with Crippen LogP contribution in [0.5, 0.6) is 5.75 Å². The number of carbonyl (C=O) groups is 1. The number of hydrogen-bond acceptors (Lipinski definition) is 6. The van der Waals surface area contributed by atoms with Crippen molar-refractivity contribution >= 4 is 84.6 Å². The average molecular weight is 528 g/mol. The van der Waals surface area contributed by atoms with Gasteiger partial charge in [0, 0.05) is 32.4 Å². The molecular weight excluding hydrogens is 513 g/mol. The van der Waals surface area contributed by atoms with E-state index in [0.29, 0.717) is 43.3 Å². The Morgan fingerprint density at radius 3 is 2.65 bits per heavy atom. The van der Waals surface area contributed by atoms with Crippen molar-refractivity contribution in [1.82, 2.24) is 10.3 Å². The van der Waals surface area contributed by atoms with E-state index in [1.807, 2.05) is 42.5 Å². The molecule has 0 unspecified atom stereocenters. The van der Waals surface area contributed by atoms with Crippen molar-refractivity contribution < 1.29 is 13.9 Å². The number of benzene rings is 3. The van der Waals surface area contributed by atoms with Crippen LogP contribution in [0.3, 0.4) is 0 Å². The molecule has 0 radical (unpaired) electrons. The molecule has 5 rings (SSSR count). The lowest BCUT2D eigenvalue weighted by atomic mass is 10.2. The predicted octanol–water partition coefficient (Wildman–Crippen LogP) is 7.15. The molecule has 2 N–H and O–H groups in total. The van der Waals surface area contributed by atoms with Gasteiger partial charge in [0.2, 0.25) is 5.89 Å². The first kappa shape index (κ1) is 22.6. The summed E-state index contributed by atoms with van der Waals surface area (Å²) in [5, 5.41) is 7.54. The Bertz CT molecular complexity index is 1560. The molecule has 6 nitrogen and oxygen atoms in total. The van der Waals surface area contributed by atoms with Crippen LogP contribution in [0.15, 0.2) is 65.1 Å². The molecule has 0 aliphatic carbocycles. The molecule has 2 aromatic heterocycles. The topological polar surface area (TPSA) is 76.4 Å². The molecule has 0 atom stereocenters. The molecule has 0 spiro atoms. The molecule has 0 bridgehead atoms. The van der Waals surface area contributed by atoms with Crippen molar-refractivity contribution in [2.75, 3.05) is 12.4 Å². The summed E-state index contributed by atoms with van der Waals surface area (Å²) in [5.74, 6) is 0.812. The van der Waals surface area contributed by atoms with E-state index in [1.54, 1.807) is 25.3 Å². The Kier molecular flexibility index (Phi) is 6.14. The summed E-state index contributed by atoms with van der Waals surface area (Å²) >= 11 is 19.0. The van der Waals surface area contributed by atoms with Gasteiger partial charge in [-0.25, -0.2) is 4.98 Å². The van der Waals surface area contributed by atoms with Crippen molar-refractivity contribution in [3.05, 3.63) is 75.6 Å². The number of thiocarbonyl (C=S) groups is 1. The summed E-state index contributed by atoms with van der Waals surface area (Å²) in [4.78, 5) is 17.6. The number of nitrogens with zero attached hydrogens (tertiary/aromatic N) is 1. The van der Waals surface area contributed by atoms with Crippen LogP contribution >= 0.6 is 46.8 Å². The summed E-state index contributed by atoms with van der Waals surface area (Å²) in [6, 6.07) is 18.1. The van der Waals surface area contributed by atoms with Crippen LogP contribution in [-0.4, -0.2) is 23.1 Å². The quantitative estimate of drug-likeness (QED) is 0.241. The minimum absolute atomic E-state index is 0.151. The van der Waals surface area contributed by atoms with Gasteiger partial charge in [0.15, 0.2) is 10.7 Å². The van der Waals surface area contributed by atoms with Crippen LogP contribution in [0.25, 0.3) is 32.6 Å². The van der Waals surface area contributed by atoms with Gasteiger partial charge in [-0.05, 0) is 60.7 Å². The second-order valence-electron chi connectivity index (χ2n) is 7.22. The van der Waals surface area contributed by atoms with E-state index in [1.165, 1.54) is 11.3 Å². The summed E-state index contributed by atoms with van der Waals surface area (Å²) < 4.78 is 11.9. The Hall–Kier alpha value is -3.17. The fourth-order valence-corrected chi connectivity index (χ4v) is 5.26. The Morgan fingerprint density at radius 2 is 1.88 bits per heavy atom. The zero-order chi connectivity index (χ0) is 23.8. The third kappa shape index (κ3) is 4.45. The molecule has 0 aliphatic heterocycles. The monoisotopic (exact) mass is 527 g/mol. The van der Waals surface area contributed by atoms with E-state index >= 15 is 0 Å². The Balaban J connectivity index is 1.27. The lowest BCUT2D eigenvalue weighted by Gasteiger charge is -2.09. The molecule has 10 heteroatoms. The van der Waals surface area contributed by atoms with Crippen LogP contribution in [0.2, 0.25) is 10.0 Å². The third-order valence-corrected chi connectivity index (χ3v) is 7.10. The second kappa shape index (κ2) is 9.23. The van der Waals surface area contributed by atoms with Crippen molar-refractivity contribution in [3.8, 4) is 17.2 Å². The van der Waals surface area contributed by atoms with Gasteiger partial charge in [-0.15, -0.1) is 11.3 Å². The van der Waals surface area contributed by atoms with Gasteiger partial charge in [0.05, 0.1) is 12.1 Å². The van der Waals surface area contributed by atoms with Crippen molar-refractivity contribution in [2.45, 2.75) is 0 Å². The maximum Gasteiger partial charge on any atom is 0.269 e. The van der Waals surface area contributed by atoms with Crippen LogP contribution in [0, 0.1) is 0 Å². The fraction of sp³-hybridized carbons (Fsp3) is 0.0417. The number of ether oxygens (including phenoxy) is 1. The number of fused-ring (bicyclic) bond motifs is 2. The molecule has 5 aromatic rings. The van der Waals surface area contributed by atoms with E-state index in [-0.39, 0.29) is 5.11 Å². The summed E-state index contributed by atoms with van der Waals surface area (Å²) in [7, 11) is 1.61. The van der Waals surface area contributed by atoms with E-state index in [4.69, 9.17) is 44.6 Å². The molecule has 0 fully saturated rings. The first-order valence-electron chi connectivity index (χ1n) is 9.96. The molecular formula is C24H15Cl2N3O3S2. The van der Waals surface area contributed by atoms with Gasteiger partial charge in [0.1, 0.15) is 16.1 Å². The van der Waals surface area contributed by atoms with E-state index < -0.39 is 5.91 Å². The normalized spacial score (nSPS) is 11.0. The van der Waals surface area contributed by atoms with Crippen molar-refractivity contribution in [3.63, 3.8) is 0 Å². The molecule has 3 aromatic carbocycles. The van der Waals surface area contributed by atoms with Gasteiger partial charge < -0.3 is 14.5 Å². The molecule has 0 saturated carbocycles. The lowest BCUT2D eigenvalue weighted by Crippen LogP contribution is -2.33. The summed E-state index contributed by atoms with van der Waals surface area (Å²) in [6.45, 7) is 0. The third-order valence-electron chi connectivity index (χ3n) is 5.01. The fourth-order valence-electron chi connectivity index (χ4n) is 3.36.